The number of hydrogen-bond acceptors (Lipinski definition) is 5. The van der Waals surface area contributed by atoms with Crippen LogP contribution in [0.25, 0.3) is 0 Å². The Labute approximate surface area is 157 Å². The molecule has 0 spiro atoms. The molecule has 26 heavy (non-hydrogen) atoms. The highest BCUT2D eigenvalue weighted by molar-refractivity contribution is 8.00. The van der Waals surface area contributed by atoms with Gasteiger partial charge in [0.15, 0.2) is 0 Å². The first kappa shape index (κ1) is 20.3. The normalized spacial score (nSPS) is 20.7. The molecule has 1 aliphatic heterocycles. The molecule has 0 saturated carbocycles. The molecule has 1 heterocycles. The first-order chi connectivity index (χ1) is 12.3. The Bertz CT molecular complexity index is 664. The molecule has 1 aromatic rings. The minimum Gasteiger partial charge on any atom is -0.481 e. The number of anilines is 1. The smallest absolute Gasteiger partial charge is 0.305 e. The molecule has 3 atom stereocenters. The standard InChI is InChI=1S/C18H24N2O5S/c1-11(26-16-6-4-13(5-7-16)19-12(2)21)18(24)20-10-15(25-3)8-14(20)9-17(22)23/h4-7,11,14-15H,8-10H2,1-3H3,(H,19,21)(H,22,23). The zero-order valence-electron chi connectivity index (χ0n) is 15.1. The minimum atomic E-state index is -0.918. The van der Waals surface area contributed by atoms with Crippen LogP contribution in [-0.4, -0.2) is 58.8 Å². The Morgan fingerprint density at radius 3 is 2.54 bits per heavy atom. The van der Waals surface area contributed by atoms with Crippen LogP contribution in [-0.2, 0) is 19.1 Å². The lowest BCUT2D eigenvalue weighted by molar-refractivity contribution is -0.139. The van der Waals surface area contributed by atoms with E-state index in [1.54, 1.807) is 24.1 Å². The first-order valence-electron chi connectivity index (χ1n) is 8.39. The first-order valence-corrected chi connectivity index (χ1v) is 9.27. The number of methoxy groups -OCH3 is 1. The van der Waals surface area contributed by atoms with Crippen molar-refractivity contribution in [2.45, 2.75) is 49.0 Å². The van der Waals surface area contributed by atoms with Gasteiger partial charge in [0.25, 0.3) is 0 Å². The summed E-state index contributed by atoms with van der Waals surface area (Å²) in [5.41, 5.74) is 0.699. The molecule has 3 unspecified atom stereocenters. The van der Waals surface area contributed by atoms with Gasteiger partial charge in [-0.15, -0.1) is 11.8 Å². The monoisotopic (exact) mass is 380 g/mol. The van der Waals surface area contributed by atoms with E-state index < -0.39 is 5.97 Å². The Hall–Kier alpha value is -2.06. The number of nitrogens with one attached hydrogen (secondary N) is 1. The molecule has 1 aliphatic rings. The van der Waals surface area contributed by atoms with Gasteiger partial charge in [0.05, 0.1) is 17.8 Å². The lowest BCUT2D eigenvalue weighted by atomic mass is 10.1. The van der Waals surface area contributed by atoms with E-state index >= 15 is 0 Å². The van der Waals surface area contributed by atoms with E-state index in [4.69, 9.17) is 9.84 Å². The number of nitrogens with zero attached hydrogens (tertiary/aromatic N) is 1. The number of carboxylic acids is 1. The fourth-order valence-electron chi connectivity index (χ4n) is 3.02. The van der Waals surface area contributed by atoms with Gasteiger partial charge >= 0.3 is 5.97 Å². The lowest BCUT2D eigenvalue weighted by Gasteiger charge is -2.26. The van der Waals surface area contributed by atoms with Crippen molar-refractivity contribution in [3.8, 4) is 0 Å². The van der Waals surface area contributed by atoms with Gasteiger partial charge in [-0.3, -0.25) is 14.4 Å². The van der Waals surface area contributed by atoms with Gasteiger partial charge in [0.2, 0.25) is 11.8 Å². The summed E-state index contributed by atoms with van der Waals surface area (Å²) in [7, 11) is 1.57. The summed E-state index contributed by atoms with van der Waals surface area (Å²) in [5, 5.41) is 11.4. The van der Waals surface area contributed by atoms with E-state index in [1.165, 1.54) is 18.7 Å². The van der Waals surface area contributed by atoms with Crippen molar-refractivity contribution in [2.75, 3.05) is 19.0 Å². The minimum absolute atomic E-state index is 0.0750. The Morgan fingerprint density at radius 1 is 1.35 bits per heavy atom. The summed E-state index contributed by atoms with van der Waals surface area (Å²) < 4.78 is 5.32. The second kappa shape index (κ2) is 9.05. The maximum Gasteiger partial charge on any atom is 0.305 e. The van der Waals surface area contributed by atoms with Gasteiger partial charge in [0, 0.05) is 37.2 Å². The second-order valence-electron chi connectivity index (χ2n) is 6.30. The molecule has 1 saturated heterocycles. The number of carbonyl (C=O) groups is 3. The predicted molar refractivity (Wildman–Crippen MR) is 99.2 cm³/mol. The maximum absolute atomic E-state index is 12.8. The van der Waals surface area contributed by atoms with Crippen molar-refractivity contribution < 1.29 is 24.2 Å². The molecule has 0 radical (unpaired) electrons. The predicted octanol–water partition coefficient (Wildman–Crippen LogP) is 2.22. The van der Waals surface area contributed by atoms with Crippen molar-refractivity contribution >= 4 is 35.2 Å². The molecular weight excluding hydrogens is 356 g/mol. The van der Waals surface area contributed by atoms with Crippen LogP contribution in [0.4, 0.5) is 5.69 Å². The number of likely N-dealkylation sites (tertiary alicyclic amines) is 1. The maximum atomic E-state index is 12.8. The molecule has 7 nitrogen and oxygen atoms in total. The van der Waals surface area contributed by atoms with E-state index in [2.05, 4.69) is 5.32 Å². The summed E-state index contributed by atoms with van der Waals surface area (Å²) in [5.74, 6) is -1.15. The van der Waals surface area contributed by atoms with Crippen LogP contribution >= 0.6 is 11.8 Å². The van der Waals surface area contributed by atoms with Crippen LogP contribution in [0.15, 0.2) is 29.2 Å². The van der Waals surface area contributed by atoms with Crippen LogP contribution in [0.1, 0.15) is 26.7 Å². The van der Waals surface area contributed by atoms with Gasteiger partial charge < -0.3 is 20.1 Å². The Balaban J connectivity index is 2.01. The van der Waals surface area contributed by atoms with E-state index in [9.17, 15) is 14.4 Å². The largest absolute Gasteiger partial charge is 0.481 e. The molecule has 0 bridgehead atoms. The average molecular weight is 380 g/mol. The Kier molecular flexibility index (Phi) is 7.05. The van der Waals surface area contributed by atoms with Crippen LogP contribution in [0.3, 0.4) is 0 Å². The van der Waals surface area contributed by atoms with Gasteiger partial charge in [-0.1, -0.05) is 0 Å². The number of amides is 2. The number of aliphatic carboxylic acids is 1. The van der Waals surface area contributed by atoms with Crippen molar-refractivity contribution in [1.29, 1.82) is 0 Å². The quantitative estimate of drug-likeness (QED) is 0.704. The second-order valence-corrected chi connectivity index (χ2v) is 7.72. The molecular formula is C18H24N2O5S. The van der Waals surface area contributed by atoms with Crippen molar-refractivity contribution in [1.82, 2.24) is 4.90 Å². The van der Waals surface area contributed by atoms with Crippen molar-refractivity contribution in [2.24, 2.45) is 0 Å². The number of hydrogen-bond donors (Lipinski definition) is 2. The number of ether oxygens (including phenoxy) is 1. The van der Waals surface area contributed by atoms with E-state index in [0.717, 1.165) is 4.90 Å². The zero-order chi connectivity index (χ0) is 19.3. The Morgan fingerprint density at radius 2 is 2.00 bits per heavy atom. The fourth-order valence-corrected chi connectivity index (χ4v) is 3.96. The van der Waals surface area contributed by atoms with Gasteiger partial charge in [-0.2, -0.15) is 0 Å². The molecule has 1 aromatic carbocycles. The highest BCUT2D eigenvalue weighted by Crippen LogP contribution is 2.30. The van der Waals surface area contributed by atoms with Crippen LogP contribution < -0.4 is 5.32 Å². The van der Waals surface area contributed by atoms with Crippen molar-refractivity contribution in [3.05, 3.63) is 24.3 Å². The molecule has 2 amide bonds. The summed E-state index contributed by atoms with van der Waals surface area (Å²) in [6, 6.07) is 6.91. The summed E-state index contributed by atoms with van der Waals surface area (Å²) in [6.45, 7) is 3.67. The van der Waals surface area contributed by atoms with Gasteiger partial charge in [0.1, 0.15) is 0 Å². The average Bonchev–Trinajstić information content (AvgIpc) is 2.97. The van der Waals surface area contributed by atoms with Crippen molar-refractivity contribution in [3.63, 3.8) is 0 Å². The lowest BCUT2D eigenvalue weighted by Crippen LogP contribution is -2.41. The third kappa shape index (κ3) is 5.47. The molecule has 8 heteroatoms. The topological polar surface area (TPSA) is 95.9 Å². The molecule has 0 aliphatic carbocycles. The number of rotatable bonds is 7. The van der Waals surface area contributed by atoms with Crippen LogP contribution in [0, 0.1) is 0 Å². The number of thioether (sulfide) groups is 1. The third-order valence-corrected chi connectivity index (χ3v) is 5.34. The van der Waals surface area contributed by atoms with E-state index in [0.29, 0.717) is 18.7 Å². The highest BCUT2D eigenvalue weighted by atomic mass is 32.2. The number of benzene rings is 1. The van der Waals surface area contributed by atoms with Crippen LogP contribution in [0.2, 0.25) is 0 Å². The summed E-state index contributed by atoms with van der Waals surface area (Å²) in [6.07, 6.45) is 0.337. The van der Waals surface area contributed by atoms with Gasteiger partial charge in [-0.25, -0.2) is 0 Å². The highest BCUT2D eigenvalue weighted by Gasteiger charge is 2.38. The SMILES string of the molecule is COC1CC(CC(=O)O)N(C(=O)C(C)Sc2ccc(NC(C)=O)cc2)C1. The summed E-state index contributed by atoms with van der Waals surface area (Å²) >= 11 is 1.40. The molecule has 142 valence electrons. The van der Waals surface area contributed by atoms with Gasteiger partial charge in [-0.05, 0) is 37.6 Å². The van der Waals surface area contributed by atoms with E-state index in [1.807, 2.05) is 19.1 Å². The van der Waals surface area contributed by atoms with E-state index in [-0.39, 0.29) is 35.6 Å². The molecule has 1 fully saturated rings. The van der Waals surface area contributed by atoms with Crippen LogP contribution in [0.5, 0.6) is 0 Å². The molecule has 2 rings (SSSR count). The molecule has 2 N–H and O–H groups in total. The number of carbonyl (C=O) groups excluding carboxylic acids is 2. The summed E-state index contributed by atoms with van der Waals surface area (Å²) in [4.78, 5) is 37.5. The third-order valence-electron chi connectivity index (χ3n) is 4.24. The molecule has 0 aromatic heterocycles. The fraction of sp³-hybridized carbons (Fsp3) is 0.500. The zero-order valence-corrected chi connectivity index (χ0v) is 15.9. The number of carboxylic acid groups (broad SMARTS) is 1.